The quantitative estimate of drug-likeness (QED) is 0.753. The van der Waals surface area contributed by atoms with Crippen LogP contribution < -0.4 is 21.0 Å². The van der Waals surface area contributed by atoms with Gasteiger partial charge in [-0.05, 0) is 47.4 Å². The lowest BCUT2D eigenvalue weighted by Crippen LogP contribution is -2.29. The van der Waals surface area contributed by atoms with Crippen LogP contribution in [0.4, 0.5) is 21.9 Å². The number of rotatable bonds is 3. The zero-order chi connectivity index (χ0) is 16.4. The van der Waals surface area contributed by atoms with Crippen LogP contribution in [0, 0.1) is 0 Å². The highest BCUT2D eigenvalue weighted by atomic mass is 16.5. The summed E-state index contributed by atoms with van der Waals surface area (Å²) in [6.45, 7) is 0.390. The van der Waals surface area contributed by atoms with E-state index in [1.54, 1.807) is 12.1 Å². The molecule has 6 nitrogen and oxygen atoms in total. The summed E-state index contributed by atoms with van der Waals surface area (Å²) in [4.78, 5) is 14.0. The van der Waals surface area contributed by atoms with Crippen molar-refractivity contribution in [2.45, 2.75) is 6.61 Å². The molecular formula is C16H18BN3O3. The van der Waals surface area contributed by atoms with Gasteiger partial charge in [-0.3, -0.25) is 0 Å². The van der Waals surface area contributed by atoms with Crippen LogP contribution in [-0.2, 0) is 11.3 Å². The molecule has 0 aromatic heterocycles. The van der Waals surface area contributed by atoms with Gasteiger partial charge in [-0.25, -0.2) is 4.79 Å². The molecule has 23 heavy (non-hydrogen) atoms. The maximum absolute atomic E-state index is 12.1. The van der Waals surface area contributed by atoms with Gasteiger partial charge in [0.2, 0.25) is 0 Å². The minimum Gasteiger partial charge on any atom is -0.423 e. The van der Waals surface area contributed by atoms with E-state index in [0.29, 0.717) is 23.4 Å². The van der Waals surface area contributed by atoms with E-state index in [-0.39, 0.29) is 6.03 Å². The molecule has 0 aliphatic carbocycles. The van der Waals surface area contributed by atoms with Crippen LogP contribution in [0.15, 0.2) is 42.5 Å². The van der Waals surface area contributed by atoms with Gasteiger partial charge in [-0.15, -0.1) is 0 Å². The van der Waals surface area contributed by atoms with Gasteiger partial charge in [0.1, 0.15) is 0 Å². The summed E-state index contributed by atoms with van der Waals surface area (Å²) in [5.74, 6) is 0. The third kappa shape index (κ3) is 3.47. The molecule has 118 valence electrons. The van der Waals surface area contributed by atoms with Gasteiger partial charge < -0.3 is 25.2 Å². The summed E-state index contributed by atoms with van der Waals surface area (Å²) in [5.41, 5.74) is 4.00. The largest absolute Gasteiger partial charge is 0.491 e. The van der Waals surface area contributed by atoms with Crippen molar-refractivity contribution in [3.8, 4) is 0 Å². The third-order valence-corrected chi connectivity index (χ3v) is 3.71. The van der Waals surface area contributed by atoms with E-state index >= 15 is 0 Å². The Balaban J connectivity index is 1.64. The summed E-state index contributed by atoms with van der Waals surface area (Å²) >= 11 is 0. The van der Waals surface area contributed by atoms with Gasteiger partial charge in [0.15, 0.2) is 0 Å². The monoisotopic (exact) mass is 311 g/mol. The van der Waals surface area contributed by atoms with Crippen LogP contribution in [0.1, 0.15) is 5.56 Å². The zero-order valence-electron chi connectivity index (χ0n) is 13.0. The molecule has 7 heteroatoms. The van der Waals surface area contributed by atoms with Gasteiger partial charge >= 0.3 is 13.1 Å². The molecule has 1 aliphatic heterocycles. The summed E-state index contributed by atoms with van der Waals surface area (Å²) in [6, 6.07) is 12.6. The van der Waals surface area contributed by atoms with Crippen molar-refractivity contribution in [3.63, 3.8) is 0 Å². The van der Waals surface area contributed by atoms with Crippen molar-refractivity contribution in [2.75, 3.05) is 29.6 Å². The molecule has 0 unspecified atom stereocenters. The van der Waals surface area contributed by atoms with Gasteiger partial charge in [0.25, 0.3) is 0 Å². The van der Waals surface area contributed by atoms with Crippen LogP contribution in [0.25, 0.3) is 0 Å². The Hall–Kier alpha value is -2.51. The number of nitrogens with one attached hydrogen (secondary N) is 2. The Kier molecular flexibility index (Phi) is 4.23. The fourth-order valence-electron chi connectivity index (χ4n) is 2.43. The van der Waals surface area contributed by atoms with E-state index in [2.05, 4.69) is 10.6 Å². The highest BCUT2D eigenvalue weighted by Gasteiger charge is 2.27. The number of fused-ring (bicyclic) bond motifs is 1. The molecule has 0 saturated heterocycles. The standard InChI is InChI=1S/C16H18BN3O3/c1-20(2)14-7-5-12(6-8-14)18-16(21)19-13-4-3-11-10-23-17(22)15(11)9-13/h3-9,22H,10H2,1-2H3,(H2,18,19,21). The highest BCUT2D eigenvalue weighted by Crippen LogP contribution is 2.17. The second-order valence-corrected chi connectivity index (χ2v) is 5.60. The van der Waals surface area contributed by atoms with E-state index in [9.17, 15) is 9.82 Å². The van der Waals surface area contributed by atoms with Crippen molar-refractivity contribution in [1.29, 1.82) is 0 Å². The number of carbonyl (C=O) groups is 1. The van der Waals surface area contributed by atoms with Crippen molar-refractivity contribution in [2.24, 2.45) is 0 Å². The van der Waals surface area contributed by atoms with E-state index in [0.717, 1.165) is 11.3 Å². The van der Waals surface area contributed by atoms with Gasteiger partial charge in [0, 0.05) is 31.2 Å². The minimum absolute atomic E-state index is 0.337. The molecule has 1 aliphatic rings. The average Bonchev–Trinajstić information content (AvgIpc) is 2.89. The molecule has 2 aromatic carbocycles. The minimum atomic E-state index is -0.923. The number of hydrogen-bond acceptors (Lipinski definition) is 4. The predicted molar refractivity (Wildman–Crippen MR) is 92.2 cm³/mol. The molecule has 1 heterocycles. The Labute approximate surface area is 135 Å². The Morgan fingerprint density at radius 3 is 2.48 bits per heavy atom. The van der Waals surface area contributed by atoms with Crippen LogP contribution in [0.5, 0.6) is 0 Å². The van der Waals surface area contributed by atoms with Crippen LogP contribution >= 0.6 is 0 Å². The Morgan fingerprint density at radius 1 is 1.13 bits per heavy atom. The smallest absolute Gasteiger partial charge is 0.423 e. The molecule has 3 rings (SSSR count). The molecule has 2 aromatic rings. The summed E-state index contributed by atoms with van der Waals surface area (Å²) < 4.78 is 5.13. The van der Waals surface area contributed by atoms with Crippen LogP contribution in [0.3, 0.4) is 0 Å². The number of benzene rings is 2. The molecule has 0 spiro atoms. The predicted octanol–water partition coefficient (Wildman–Crippen LogP) is 1.61. The summed E-state index contributed by atoms with van der Waals surface area (Å²) in [5, 5.41) is 15.2. The Bertz CT molecular complexity index is 719. The van der Waals surface area contributed by atoms with E-state index < -0.39 is 7.12 Å². The van der Waals surface area contributed by atoms with Crippen molar-refractivity contribution < 1.29 is 14.5 Å². The lowest BCUT2D eigenvalue weighted by atomic mass is 9.79. The number of carbonyl (C=O) groups excluding carboxylic acids is 1. The first-order chi connectivity index (χ1) is 11.0. The second kappa shape index (κ2) is 6.32. The van der Waals surface area contributed by atoms with Crippen LogP contribution in [-0.4, -0.2) is 32.3 Å². The molecule has 2 amide bonds. The first kappa shape index (κ1) is 15.4. The number of nitrogens with zero attached hydrogens (tertiary/aromatic N) is 1. The lowest BCUT2D eigenvalue weighted by molar-refractivity contribution is 0.262. The molecule has 0 fully saturated rings. The first-order valence-corrected chi connectivity index (χ1v) is 7.31. The third-order valence-electron chi connectivity index (χ3n) is 3.71. The summed E-state index contributed by atoms with van der Waals surface area (Å²) in [7, 11) is 3.00. The van der Waals surface area contributed by atoms with E-state index in [1.807, 2.05) is 49.3 Å². The second-order valence-electron chi connectivity index (χ2n) is 5.60. The topological polar surface area (TPSA) is 73.8 Å². The van der Waals surface area contributed by atoms with Crippen molar-refractivity contribution in [3.05, 3.63) is 48.0 Å². The first-order valence-electron chi connectivity index (χ1n) is 7.31. The van der Waals surface area contributed by atoms with E-state index in [4.69, 9.17) is 4.65 Å². The fraction of sp³-hybridized carbons (Fsp3) is 0.188. The normalized spacial score (nSPS) is 12.7. The number of urea groups is 1. The molecule has 0 atom stereocenters. The molecule has 0 saturated carbocycles. The molecule has 3 N–H and O–H groups in total. The van der Waals surface area contributed by atoms with Gasteiger partial charge in [0.05, 0.1) is 6.61 Å². The number of anilines is 3. The maximum Gasteiger partial charge on any atom is 0.491 e. The number of amides is 2. The fourth-order valence-corrected chi connectivity index (χ4v) is 2.43. The SMILES string of the molecule is CN(C)c1ccc(NC(=O)Nc2ccc3c(c2)B(O)OC3)cc1. The van der Waals surface area contributed by atoms with Crippen molar-refractivity contribution in [1.82, 2.24) is 0 Å². The van der Waals surface area contributed by atoms with E-state index in [1.165, 1.54) is 0 Å². The highest BCUT2D eigenvalue weighted by molar-refractivity contribution is 6.61. The maximum atomic E-state index is 12.1. The lowest BCUT2D eigenvalue weighted by Gasteiger charge is -2.13. The molecular weight excluding hydrogens is 293 g/mol. The van der Waals surface area contributed by atoms with Gasteiger partial charge in [-0.1, -0.05) is 6.07 Å². The molecule has 0 bridgehead atoms. The average molecular weight is 311 g/mol. The Morgan fingerprint density at radius 2 is 1.78 bits per heavy atom. The van der Waals surface area contributed by atoms with Crippen molar-refractivity contribution >= 4 is 35.7 Å². The number of hydrogen-bond donors (Lipinski definition) is 3. The summed E-state index contributed by atoms with van der Waals surface area (Å²) in [6.07, 6.45) is 0. The van der Waals surface area contributed by atoms with Crippen LogP contribution in [0.2, 0.25) is 0 Å². The molecule has 0 radical (unpaired) electrons. The zero-order valence-corrected chi connectivity index (χ0v) is 13.0. The van der Waals surface area contributed by atoms with Gasteiger partial charge in [-0.2, -0.15) is 0 Å².